The molecular formula is C22H31N7S2. The van der Waals surface area contributed by atoms with Crippen molar-refractivity contribution in [3.8, 4) is 6.07 Å². The Bertz CT molecular complexity index is 897. The number of aliphatic imine (C=N–C) groups is 1. The molecule has 0 radical (unpaired) electrons. The van der Waals surface area contributed by atoms with Gasteiger partial charge in [0, 0.05) is 49.6 Å². The van der Waals surface area contributed by atoms with Crippen LogP contribution < -0.4 is 10.6 Å². The summed E-state index contributed by atoms with van der Waals surface area (Å²) in [6.45, 7) is 8.49. The lowest BCUT2D eigenvalue weighted by atomic mass is 10.1. The lowest BCUT2D eigenvalue weighted by Gasteiger charge is -2.34. The number of anilines is 1. The molecule has 0 spiro atoms. The van der Waals surface area contributed by atoms with Gasteiger partial charge in [-0.1, -0.05) is 18.3 Å². The van der Waals surface area contributed by atoms with Crippen LogP contribution in [0.4, 0.5) is 5.13 Å². The molecule has 0 bridgehead atoms. The van der Waals surface area contributed by atoms with Gasteiger partial charge < -0.3 is 20.4 Å². The van der Waals surface area contributed by atoms with Crippen molar-refractivity contribution < 1.29 is 0 Å². The van der Waals surface area contributed by atoms with E-state index in [-0.39, 0.29) is 0 Å². The summed E-state index contributed by atoms with van der Waals surface area (Å²) in [4.78, 5) is 15.0. The summed E-state index contributed by atoms with van der Waals surface area (Å²) in [5.41, 5.74) is 2.48. The fourth-order valence-electron chi connectivity index (χ4n) is 3.98. The van der Waals surface area contributed by atoms with Gasteiger partial charge in [-0.15, -0.1) is 11.8 Å². The highest BCUT2D eigenvalue weighted by Crippen LogP contribution is 2.36. The van der Waals surface area contributed by atoms with E-state index in [1.165, 1.54) is 34.8 Å². The van der Waals surface area contributed by atoms with E-state index in [0.717, 1.165) is 68.8 Å². The van der Waals surface area contributed by atoms with Crippen molar-refractivity contribution in [2.24, 2.45) is 4.99 Å². The van der Waals surface area contributed by atoms with Gasteiger partial charge in [0.1, 0.15) is 16.8 Å². The number of rotatable bonds is 5. The average molecular weight is 458 g/mol. The molecule has 0 aliphatic carbocycles. The summed E-state index contributed by atoms with van der Waals surface area (Å²) in [5.74, 6) is 1.05. The Hall–Kier alpha value is -1.86. The monoisotopic (exact) mass is 457 g/mol. The zero-order valence-corrected chi connectivity index (χ0v) is 20.0. The minimum atomic E-state index is 0.623. The molecule has 3 aliphatic rings. The molecular weight excluding hydrogens is 426 g/mol. The first kappa shape index (κ1) is 22.3. The van der Waals surface area contributed by atoms with Gasteiger partial charge in [-0.25, -0.2) is 9.98 Å². The van der Waals surface area contributed by atoms with Crippen LogP contribution in [-0.2, 0) is 0 Å². The normalized spacial score (nSPS) is 21.4. The maximum absolute atomic E-state index is 9.14. The Kier molecular flexibility index (Phi) is 7.67. The Balaban J connectivity index is 1.61. The first-order valence-corrected chi connectivity index (χ1v) is 12.8. The molecule has 0 aromatic carbocycles. The Morgan fingerprint density at radius 2 is 2.06 bits per heavy atom. The predicted octanol–water partition coefficient (Wildman–Crippen LogP) is 3.47. The van der Waals surface area contributed by atoms with Gasteiger partial charge in [-0.3, -0.25) is 0 Å². The van der Waals surface area contributed by atoms with Crippen molar-refractivity contribution in [3.63, 3.8) is 0 Å². The summed E-state index contributed by atoms with van der Waals surface area (Å²) < 4.78 is 0. The number of piperazine rings is 1. The standard InChI is InChI=1S/C22H31N7S2/c1-3-16-12-17(26-22-25-15-19(14-23)31-22)13-20(29-10-8-28(2)9-11-29)27-21(16)30-18-4-6-24-7-5-18/h13,15,18,24H,3-12H2,1-2H3,(H,25,26). The van der Waals surface area contributed by atoms with E-state index in [2.05, 4.69) is 51.5 Å². The molecule has 166 valence electrons. The highest BCUT2D eigenvalue weighted by atomic mass is 32.2. The second-order valence-electron chi connectivity index (χ2n) is 8.20. The van der Waals surface area contributed by atoms with Crippen LogP contribution in [-0.4, -0.2) is 72.2 Å². The fraction of sp³-hybridized carbons (Fsp3) is 0.591. The SMILES string of the molecule is CCC1=C(SC2CCNCC2)N=C(N2CCN(C)CC2)C=C(Nc2ncc(C#N)s2)C1. The van der Waals surface area contributed by atoms with Crippen molar-refractivity contribution in [2.75, 3.05) is 51.6 Å². The smallest absolute Gasteiger partial charge is 0.188 e. The number of nitrogens with zero attached hydrogens (tertiary/aromatic N) is 5. The van der Waals surface area contributed by atoms with Crippen LogP contribution in [0.1, 0.15) is 37.5 Å². The number of thioether (sulfide) groups is 1. The number of hydrogen-bond donors (Lipinski definition) is 2. The number of thiazole rings is 1. The quantitative estimate of drug-likeness (QED) is 0.701. The largest absolute Gasteiger partial charge is 0.354 e. The molecule has 1 aromatic rings. The number of hydrogen-bond acceptors (Lipinski definition) is 9. The molecule has 2 fully saturated rings. The summed E-state index contributed by atoms with van der Waals surface area (Å²) in [5, 5.41) is 18.7. The maximum Gasteiger partial charge on any atom is 0.188 e. The highest BCUT2D eigenvalue weighted by Gasteiger charge is 2.24. The lowest BCUT2D eigenvalue weighted by Crippen LogP contribution is -2.46. The van der Waals surface area contributed by atoms with Gasteiger partial charge in [0.15, 0.2) is 5.13 Å². The number of piperidine rings is 1. The number of nitriles is 1. The van der Waals surface area contributed by atoms with E-state index in [4.69, 9.17) is 10.3 Å². The first-order chi connectivity index (χ1) is 15.1. The summed E-state index contributed by atoms with van der Waals surface area (Å²) >= 11 is 3.37. The topological polar surface area (TPSA) is 79.6 Å². The third kappa shape index (κ3) is 5.89. The third-order valence-corrected chi connectivity index (χ3v) is 8.15. The summed E-state index contributed by atoms with van der Waals surface area (Å²) in [6.07, 6.45) is 8.04. The van der Waals surface area contributed by atoms with Crippen LogP contribution in [0.25, 0.3) is 0 Å². The summed E-state index contributed by atoms with van der Waals surface area (Å²) in [7, 11) is 2.18. The molecule has 2 saturated heterocycles. The molecule has 0 amide bonds. The van der Waals surface area contributed by atoms with Crippen LogP contribution in [0.2, 0.25) is 0 Å². The van der Waals surface area contributed by atoms with Crippen LogP contribution >= 0.6 is 23.1 Å². The molecule has 0 saturated carbocycles. The van der Waals surface area contributed by atoms with Gasteiger partial charge in [-0.2, -0.15) is 5.26 Å². The number of allylic oxidation sites excluding steroid dienone is 1. The molecule has 2 N–H and O–H groups in total. The van der Waals surface area contributed by atoms with E-state index in [0.29, 0.717) is 10.1 Å². The first-order valence-electron chi connectivity index (χ1n) is 11.1. The van der Waals surface area contributed by atoms with Crippen LogP contribution in [0.15, 0.2) is 33.6 Å². The minimum Gasteiger partial charge on any atom is -0.354 e. The maximum atomic E-state index is 9.14. The van der Waals surface area contributed by atoms with Gasteiger partial charge in [0.05, 0.1) is 11.2 Å². The molecule has 7 nitrogen and oxygen atoms in total. The molecule has 31 heavy (non-hydrogen) atoms. The van der Waals surface area contributed by atoms with Crippen LogP contribution in [0.5, 0.6) is 0 Å². The lowest BCUT2D eigenvalue weighted by molar-refractivity contribution is 0.216. The van der Waals surface area contributed by atoms with Gasteiger partial charge in [-0.05, 0) is 45.0 Å². The molecule has 1 aromatic heterocycles. The van der Waals surface area contributed by atoms with Crippen LogP contribution in [0, 0.1) is 11.3 Å². The van der Waals surface area contributed by atoms with Crippen molar-refractivity contribution in [3.05, 3.63) is 33.4 Å². The van der Waals surface area contributed by atoms with E-state index >= 15 is 0 Å². The van der Waals surface area contributed by atoms with Gasteiger partial charge in [0.2, 0.25) is 0 Å². The van der Waals surface area contributed by atoms with Crippen LogP contribution in [0.3, 0.4) is 0 Å². The Morgan fingerprint density at radius 1 is 1.29 bits per heavy atom. The molecule has 0 unspecified atom stereocenters. The summed E-state index contributed by atoms with van der Waals surface area (Å²) in [6, 6.07) is 2.18. The Labute approximate surface area is 193 Å². The zero-order valence-electron chi connectivity index (χ0n) is 18.4. The van der Waals surface area contributed by atoms with Gasteiger partial charge in [0.25, 0.3) is 0 Å². The van der Waals surface area contributed by atoms with Gasteiger partial charge >= 0.3 is 0 Å². The number of aromatic nitrogens is 1. The minimum absolute atomic E-state index is 0.623. The predicted molar refractivity (Wildman–Crippen MR) is 130 cm³/mol. The second kappa shape index (κ2) is 10.6. The molecule has 4 rings (SSSR count). The second-order valence-corrected chi connectivity index (χ2v) is 10.5. The van der Waals surface area contributed by atoms with E-state index < -0.39 is 0 Å². The zero-order chi connectivity index (χ0) is 21.6. The van der Waals surface area contributed by atoms with Crippen molar-refractivity contribution in [1.29, 1.82) is 5.26 Å². The molecule has 0 atom stereocenters. The third-order valence-electron chi connectivity index (χ3n) is 5.93. The van der Waals surface area contributed by atoms with E-state index in [1.807, 2.05) is 11.8 Å². The molecule has 4 heterocycles. The van der Waals surface area contributed by atoms with E-state index in [1.54, 1.807) is 6.20 Å². The highest BCUT2D eigenvalue weighted by molar-refractivity contribution is 8.03. The number of likely N-dealkylation sites (N-methyl/N-ethyl adjacent to an activating group) is 1. The Morgan fingerprint density at radius 3 is 2.74 bits per heavy atom. The van der Waals surface area contributed by atoms with Crippen molar-refractivity contribution >= 4 is 34.1 Å². The van der Waals surface area contributed by atoms with E-state index in [9.17, 15) is 0 Å². The molecule has 9 heteroatoms. The average Bonchev–Trinajstić information content (AvgIpc) is 3.17. The number of amidine groups is 1. The fourth-order valence-corrected chi connectivity index (χ4v) is 5.95. The van der Waals surface area contributed by atoms with Crippen molar-refractivity contribution in [1.82, 2.24) is 20.1 Å². The molecule has 3 aliphatic heterocycles. The number of nitrogens with one attached hydrogen (secondary N) is 2. The van der Waals surface area contributed by atoms with Crippen molar-refractivity contribution in [2.45, 2.75) is 37.9 Å².